The molecule has 0 radical (unpaired) electrons. The molecule has 1 N–H and O–H groups in total. The average Bonchev–Trinajstić information content (AvgIpc) is 2.62. The highest BCUT2D eigenvalue weighted by Crippen LogP contribution is 2.24. The van der Waals surface area contributed by atoms with Crippen LogP contribution in [0.5, 0.6) is 0 Å². The van der Waals surface area contributed by atoms with Gasteiger partial charge in [-0.1, -0.05) is 12.1 Å². The van der Waals surface area contributed by atoms with Crippen molar-refractivity contribution in [2.45, 2.75) is 19.9 Å². The Balaban J connectivity index is 1.73. The maximum atomic E-state index is 5.50. The topological polar surface area (TPSA) is 76.1 Å². The molecular weight excluding hydrogens is 316 g/mol. The summed E-state index contributed by atoms with van der Waals surface area (Å²) in [6.07, 6.45) is 3.28. The first kappa shape index (κ1) is 15.7. The second kappa shape index (κ2) is 6.60. The van der Waals surface area contributed by atoms with Crippen LogP contribution in [0.15, 0.2) is 36.8 Å². The van der Waals surface area contributed by atoms with Crippen LogP contribution in [-0.2, 0) is 4.74 Å². The molecule has 0 aliphatic carbocycles. The lowest BCUT2D eigenvalue weighted by Crippen LogP contribution is -2.44. The number of morpholine rings is 1. The number of aryl methyl sites for hydroxylation is 1. The Kier molecular flexibility index (Phi) is 4.15. The third-order valence-electron chi connectivity index (χ3n) is 4.27. The van der Waals surface area contributed by atoms with Gasteiger partial charge in [0.1, 0.15) is 17.4 Å². The molecule has 1 aliphatic heterocycles. The summed E-state index contributed by atoms with van der Waals surface area (Å²) in [4.78, 5) is 20.1. The van der Waals surface area contributed by atoms with Crippen LogP contribution in [0.1, 0.15) is 12.5 Å². The lowest BCUT2D eigenvalue weighted by molar-refractivity contribution is 0.0981. The molecule has 7 nitrogen and oxygen atoms in total. The number of nitrogens with one attached hydrogen (secondary N) is 1. The molecule has 1 aliphatic rings. The summed E-state index contributed by atoms with van der Waals surface area (Å²) in [6.45, 7) is 6.32. The summed E-state index contributed by atoms with van der Waals surface area (Å²) in [5.74, 6) is 1.37. The Hall–Kier alpha value is -2.80. The van der Waals surface area contributed by atoms with Crippen LogP contribution >= 0.6 is 0 Å². The van der Waals surface area contributed by atoms with E-state index in [-0.39, 0.29) is 6.04 Å². The van der Waals surface area contributed by atoms with Gasteiger partial charge in [-0.05, 0) is 31.5 Å². The Morgan fingerprint density at radius 1 is 1.24 bits per heavy atom. The summed E-state index contributed by atoms with van der Waals surface area (Å²) in [5.41, 5.74) is 3.59. The number of nitrogens with zero attached hydrogens (tertiary/aromatic N) is 5. The average molecular weight is 336 g/mol. The van der Waals surface area contributed by atoms with Crippen molar-refractivity contribution in [3.63, 3.8) is 0 Å². The maximum absolute atomic E-state index is 5.50. The molecule has 1 atom stereocenters. The van der Waals surface area contributed by atoms with Crippen LogP contribution < -0.4 is 10.2 Å². The van der Waals surface area contributed by atoms with E-state index in [2.05, 4.69) is 51.1 Å². The van der Waals surface area contributed by atoms with Crippen LogP contribution in [0.3, 0.4) is 0 Å². The second-order valence-electron chi connectivity index (χ2n) is 6.24. The molecule has 128 valence electrons. The quantitative estimate of drug-likeness (QED) is 0.788. The van der Waals surface area contributed by atoms with Crippen LogP contribution in [0.4, 0.5) is 17.5 Å². The minimum Gasteiger partial charge on any atom is -0.377 e. The number of anilines is 3. The highest BCUT2D eigenvalue weighted by molar-refractivity contribution is 5.87. The van der Waals surface area contributed by atoms with E-state index >= 15 is 0 Å². The van der Waals surface area contributed by atoms with E-state index in [1.54, 1.807) is 6.20 Å². The third kappa shape index (κ3) is 3.23. The Bertz CT molecular complexity index is 900. The van der Waals surface area contributed by atoms with Gasteiger partial charge in [-0.3, -0.25) is 0 Å². The number of ether oxygens (including phenoxy) is 1. The fraction of sp³-hybridized carbons (Fsp3) is 0.333. The number of hydrogen-bond acceptors (Lipinski definition) is 7. The van der Waals surface area contributed by atoms with Gasteiger partial charge >= 0.3 is 0 Å². The Labute approximate surface area is 146 Å². The van der Waals surface area contributed by atoms with E-state index in [4.69, 9.17) is 9.72 Å². The molecule has 1 aromatic carbocycles. The fourth-order valence-electron chi connectivity index (χ4n) is 2.96. The maximum Gasteiger partial charge on any atom is 0.226 e. The van der Waals surface area contributed by atoms with E-state index < -0.39 is 0 Å². The molecule has 2 aromatic heterocycles. The van der Waals surface area contributed by atoms with Crippen molar-refractivity contribution in [2.75, 3.05) is 30.0 Å². The highest BCUT2D eigenvalue weighted by Gasteiger charge is 2.22. The number of rotatable bonds is 3. The van der Waals surface area contributed by atoms with E-state index in [9.17, 15) is 0 Å². The van der Waals surface area contributed by atoms with Crippen molar-refractivity contribution in [1.82, 2.24) is 19.9 Å². The molecule has 0 spiro atoms. The zero-order chi connectivity index (χ0) is 17.2. The number of aromatic nitrogens is 4. The standard InChI is InChI=1S/C18H20N6O/c1-12-4-3-5-14(8-12)22-17-16-15(20-11-21-17)9-19-18(23-16)24-6-7-25-10-13(24)2/h3-5,8-9,11,13H,6-7,10H2,1-2H3,(H,20,21,22). The fourth-order valence-corrected chi connectivity index (χ4v) is 2.96. The van der Waals surface area contributed by atoms with Crippen molar-refractivity contribution >= 4 is 28.5 Å². The highest BCUT2D eigenvalue weighted by atomic mass is 16.5. The molecule has 0 bridgehead atoms. The molecule has 3 heterocycles. The summed E-state index contributed by atoms with van der Waals surface area (Å²) in [7, 11) is 0. The molecule has 3 aromatic rings. The predicted molar refractivity (Wildman–Crippen MR) is 97.2 cm³/mol. The van der Waals surface area contributed by atoms with Crippen LogP contribution in [0, 0.1) is 6.92 Å². The molecule has 1 saturated heterocycles. The van der Waals surface area contributed by atoms with Gasteiger partial charge in [-0.2, -0.15) is 0 Å². The Morgan fingerprint density at radius 2 is 2.16 bits per heavy atom. The summed E-state index contributed by atoms with van der Waals surface area (Å²) in [5, 5.41) is 3.34. The van der Waals surface area contributed by atoms with Crippen LogP contribution in [0.25, 0.3) is 11.0 Å². The van der Waals surface area contributed by atoms with Crippen molar-refractivity contribution in [3.8, 4) is 0 Å². The molecule has 0 amide bonds. The lowest BCUT2D eigenvalue weighted by atomic mass is 10.2. The molecule has 7 heteroatoms. The molecule has 4 rings (SSSR count). The van der Waals surface area contributed by atoms with Crippen molar-refractivity contribution < 1.29 is 4.74 Å². The second-order valence-corrected chi connectivity index (χ2v) is 6.24. The van der Waals surface area contributed by atoms with Gasteiger partial charge < -0.3 is 15.0 Å². The van der Waals surface area contributed by atoms with E-state index in [1.807, 2.05) is 12.1 Å². The molecule has 25 heavy (non-hydrogen) atoms. The van der Waals surface area contributed by atoms with Crippen molar-refractivity contribution in [1.29, 1.82) is 0 Å². The van der Waals surface area contributed by atoms with Gasteiger partial charge in [-0.25, -0.2) is 19.9 Å². The molecule has 1 fully saturated rings. The Morgan fingerprint density at radius 3 is 3.00 bits per heavy atom. The van der Waals surface area contributed by atoms with E-state index in [0.717, 1.165) is 17.7 Å². The number of hydrogen-bond donors (Lipinski definition) is 1. The molecule has 0 saturated carbocycles. The first-order chi connectivity index (χ1) is 12.2. The first-order valence-corrected chi connectivity index (χ1v) is 8.36. The summed E-state index contributed by atoms with van der Waals surface area (Å²) in [6, 6.07) is 8.39. The zero-order valence-electron chi connectivity index (χ0n) is 14.3. The van der Waals surface area contributed by atoms with Gasteiger partial charge in [0.25, 0.3) is 0 Å². The normalized spacial score (nSPS) is 17.7. The van der Waals surface area contributed by atoms with Crippen LogP contribution in [-0.4, -0.2) is 45.7 Å². The third-order valence-corrected chi connectivity index (χ3v) is 4.27. The minimum atomic E-state index is 0.240. The molecular formula is C18H20N6O. The van der Waals surface area contributed by atoms with E-state index in [0.29, 0.717) is 30.5 Å². The summed E-state index contributed by atoms with van der Waals surface area (Å²) < 4.78 is 5.50. The van der Waals surface area contributed by atoms with Gasteiger partial charge in [-0.15, -0.1) is 0 Å². The number of benzene rings is 1. The monoisotopic (exact) mass is 336 g/mol. The SMILES string of the molecule is Cc1cccc(Nc2ncnc3cnc(N4CCOCC4C)nc23)c1. The molecule has 1 unspecified atom stereocenters. The zero-order valence-corrected chi connectivity index (χ0v) is 14.3. The van der Waals surface area contributed by atoms with Gasteiger partial charge in [0.2, 0.25) is 5.95 Å². The number of fused-ring (bicyclic) bond motifs is 1. The first-order valence-electron chi connectivity index (χ1n) is 8.36. The van der Waals surface area contributed by atoms with Gasteiger partial charge in [0.05, 0.1) is 25.5 Å². The van der Waals surface area contributed by atoms with Gasteiger partial charge in [0.15, 0.2) is 5.82 Å². The van der Waals surface area contributed by atoms with Crippen molar-refractivity contribution in [2.24, 2.45) is 0 Å². The summed E-state index contributed by atoms with van der Waals surface area (Å²) >= 11 is 0. The van der Waals surface area contributed by atoms with Crippen molar-refractivity contribution in [3.05, 3.63) is 42.4 Å². The van der Waals surface area contributed by atoms with Gasteiger partial charge in [0, 0.05) is 12.2 Å². The predicted octanol–water partition coefficient (Wildman–Crippen LogP) is 2.70. The smallest absolute Gasteiger partial charge is 0.226 e. The van der Waals surface area contributed by atoms with E-state index in [1.165, 1.54) is 11.9 Å². The van der Waals surface area contributed by atoms with Crippen LogP contribution in [0.2, 0.25) is 0 Å². The lowest BCUT2D eigenvalue weighted by Gasteiger charge is -2.33. The largest absolute Gasteiger partial charge is 0.377 e. The minimum absolute atomic E-state index is 0.240.